The van der Waals surface area contributed by atoms with Gasteiger partial charge in [0, 0.05) is 18.5 Å². The van der Waals surface area contributed by atoms with Crippen LogP contribution in [0.2, 0.25) is 0 Å². The van der Waals surface area contributed by atoms with Gasteiger partial charge in [-0.2, -0.15) is 0 Å². The minimum atomic E-state index is -0.239. The summed E-state index contributed by atoms with van der Waals surface area (Å²) in [7, 11) is 1.43. The fourth-order valence-corrected chi connectivity index (χ4v) is 2.60. The van der Waals surface area contributed by atoms with Gasteiger partial charge in [-0.1, -0.05) is 6.07 Å². The first kappa shape index (κ1) is 9.85. The van der Waals surface area contributed by atoms with Crippen molar-refractivity contribution < 1.29 is 9.53 Å². The van der Waals surface area contributed by atoms with Crippen LogP contribution < -0.4 is 5.32 Å². The van der Waals surface area contributed by atoms with E-state index in [1.165, 1.54) is 31.1 Å². The molecule has 0 radical (unpaired) electrons. The second kappa shape index (κ2) is 3.32. The average molecular weight is 217 g/mol. The van der Waals surface area contributed by atoms with Gasteiger partial charge in [0.15, 0.2) is 0 Å². The molecular weight excluding hydrogens is 202 g/mol. The number of benzene rings is 1. The van der Waals surface area contributed by atoms with E-state index in [1.54, 1.807) is 0 Å². The third-order valence-corrected chi connectivity index (χ3v) is 3.73. The molecule has 3 nitrogen and oxygen atoms in total. The Morgan fingerprint density at radius 3 is 2.94 bits per heavy atom. The van der Waals surface area contributed by atoms with Crippen LogP contribution in [0.25, 0.3) is 0 Å². The van der Waals surface area contributed by atoms with E-state index >= 15 is 0 Å². The van der Waals surface area contributed by atoms with Crippen molar-refractivity contribution in [2.75, 3.05) is 13.7 Å². The predicted octanol–water partition coefficient (Wildman–Crippen LogP) is 1.61. The van der Waals surface area contributed by atoms with Gasteiger partial charge in [0.2, 0.25) is 0 Å². The first-order valence-corrected chi connectivity index (χ1v) is 5.68. The van der Waals surface area contributed by atoms with Crippen molar-refractivity contribution in [3.8, 4) is 0 Å². The summed E-state index contributed by atoms with van der Waals surface area (Å²) in [5.74, 6) is -0.239. The number of esters is 1. The van der Waals surface area contributed by atoms with Crippen LogP contribution in [0, 0.1) is 0 Å². The zero-order valence-corrected chi connectivity index (χ0v) is 9.38. The molecule has 0 bridgehead atoms. The molecule has 1 saturated carbocycles. The molecule has 0 amide bonds. The number of nitrogens with one attached hydrogen (secondary N) is 1. The summed E-state index contributed by atoms with van der Waals surface area (Å²) < 4.78 is 4.76. The molecular formula is C13H15NO2. The molecule has 0 atom stereocenters. The average Bonchev–Trinajstić information content (AvgIpc) is 3.09. The maximum Gasteiger partial charge on any atom is 0.337 e. The van der Waals surface area contributed by atoms with E-state index in [1.807, 2.05) is 18.2 Å². The monoisotopic (exact) mass is 217 g/mol. The van der Waals surface area contributed by atoms with E-state index in [0.29, 0.717) is 11.0 Å². The Kier molecular flexibility index (Phi) is 2.04. The molecule has 84 valence electrons. The molecule has 16 heavy (non-hydrogen) atoms. The van der Waals surface area contributed by atoms with Gasteiger partial charge >= 0.3 is 5.97 Å². The first-order valence-electron chi connectivity index (χ1n) is 5.68. The Labute approximate surface area is 94.8 Å². The summed E-state index contributed by atoms with van der Waals surface area (Å²) in [6.45, 7) is 1.96. The number of methoxy groups -OCH3 is 1. The molecule has 1 aromatic rings. The first-order chi connectivity index (χ1) is 7.75. The number of ether oxygens (including phenoxy) is 1. The third-order valence-electron chi connectivity index (χ3n) is 3.73. The third kappa shape index (κ3) is 1.35. The summed E-state index contributed by atoms with van der Waals surface area (Å²) in [6.07, 6.45) is 2.47. The molecule has 3 rings (SSSR count). The maximum atomic E-state index is 11.5. The van der Waals surface area contributed by atoms with Gasteiger partial charge in [0.1, 0.15) is 0 Å². The number of fused-ring (bicyclic) bond motifs is 2. The highest BCUT2D eigenvalue weighted by Gasteiger charge is 2.46. The lowest BCUT2D eigenvalue weighted by molar-refractivity contribution is 0.0600. The van der Waals surface area contributed by atoms with Crippen molar-refractivity contribution >= 4 is 5.97 Å². The molecule has 1 fully saturated rings. The lowest BCUT2D eigenvalue weighted by atomic mass is 9.87. The topological polar surface area (TPSA) is 38.3 Å². The standard InChI is InChI=1S/C13H15NO2/c1-16-12(15)9-2-3-10-7-14-8-13(4-5-13)11(10)6-9/h2-3,6,14H,4-5,7-8H2,1H3. The Morgan fingerprint density at radius 2 is 2.25 bits per heavy atom. The normalized spacial score (nSPS) is 20.3. The summed E-state index contributed by atoms with van der Waals surface area (Å²) in [6, 6.07) is 5.93. The lowest BCUT2D eigenvalue weighted by Gasteiger charge is -2.26. The Bertz CT molecular complexity index is 449. The second-order valence-corrected chi connectivity index (χ2v) is 4.75. The van der Waals surface area contributed by atoms with Crippen LogP contribution in [0.1, 0.15) is 34.3 Å². The lowest BCUT2D eigenvalue weighted by Crippen LogP contribution is -2.33. The van der Waals surface area contributed by atoms with Gasteiger partial charge in [-0.05, 0) is 36.1 Å². The van der Waals surface area contributed by atoms with E-state index in [0.717, 1.165) is 13.1 Å². The molecule has 0 saturated heterocycles. The molecule has 1 heterocycles. The highest BCUT2D eigenvalue weighted by Crippen LogP contribution is 2.50. The molecule has 1 aliphatic carbocycles. The zero-order chi connectivity index (χ0) is 11.2. The van der Waals surface area contributed by atoms with E-state index < -0.39 is 0 Å². The van der Waals surface area contributed by atoms with E-state index in [-0.39, 0.29) is 5.97 Å². The summed E-state index contributed by atoms with van der Waals surface area (Å²) in [5, 5.41) is 3.44. The second-order valence-electron chi connectivity index (χ2n) is 4.75. The number of hydrogen-bond donors (Lipinski definition) is 1. The SMILES string of the molecule is COC(=O)c1ccc2c(c1)C1(CC1)CNC2. The van der Waals surface area contributed by atoms with Crippen LogP contribution in [-0.2, 0) is 16.7 Å². The number of carbonyl (C=O) groups is 1. The quantitative estimate of drug-likeness (QED) is 0.726. The molecule has 0 aromatic heterocycles. The highest BCUT2D eigenvalue weighted by molar-refractivity contribution is 5.89. The van der Waals surface area contributed by atoms with Crippen molar-refractivity contribution in [1.82, 2.24) is 5.32 Å². The van der Waals surface area contributed by atoms with Crippen LogP contribution in [0.5, 0.6) is 0 Å². The summed E-state index contributed by atoms with van der Waals surface area (Å²) >= 11 is 0. The van der Waals surface area contributed by atoms with Gasteiger partial charge < -0.3 is 10.1 Å². The Hall–Kier alpha value is -1.35. The van der Waals surface area contributed by atoms with Crippen LogP contribution in [0.4, 0.5) is 0 Å². The fourth-order valence-electron chi connectivity index (χ4n) is 2.60. The minimum absolute atomic E-state index is 0.239. The van der Waals surface area contributed by atoms with Crippen LogP contribution in [0.3, 0.4) is 0 Å². The molecule has 2 aliphatic rings. The van der Waals surface area contributed by atoms with Crippen LogP contribution in [0.15, 0.2) is 18.2 Å². The number of hydrogen-bond acceptors (Lipinski definition) is 3. The predicted molar refractivity (Wildman–Crippen MR) is 60.4 cm³/mol. The van der Waals surface area contributed by atoms with Gasteiger partial charge in [-0.3, -0.25) is 0 Å². The van der Waals surface area contributed by atoms with Crippen LogP contribution >= 0.6 is 0 Å². The fraction of sp³-hybridized carbons (Fsp3) is 0.462. The van der Waals surface area contributed by atoms with Crippen LogP contribution in [-0.4, -0.2) is 19.6 Å². The molecule has 0 unspecified atom stereocenters. The van der Waals surface area contributed by atoms with Crippen molar-refractivity contribution in [2.45, 2.75) is 24.8 Å². The Balaban J connectivity index is 2.05. The highest BCUT2D eigenvalue weighted by atomic mass is 16.5. The van der Waals surface area contributed by atoms with E-state index in [4.69, 9.17) is 4.74 Å². The van der Waals surface area contributed by atoms with Gasteiger partial charge in [-0.15, -0.1) is 0 Å². The number of rotatable bonds is 1. The Morgan fingerprint density at radius 1 is 1.44 bits per heavy atom. The van der Waals surface area contributed by atoms with Crippen molar-refractivity contribution in [3.63, 3.8) is 0 Å². The van der Waals surface area contributed by atoms with Crippen molar-refractivity contribution in [1.29, 1.82) is 0 Å². The minimum Gasteiger partial charge on any atom is -0.465 e. The molecule has 1 spiro atoms. The van der Waals surface area contributed by atoms with E-state index in [2.05, 4.69) is 5.32 Å². The van der Waals surface area contributed by atoms with Gasteiger partial charge in [-0.25, -0.2) is 4.79 Å². The molecule has 1 aliphatic heterocycles. The van der Waals surface area contributed by atoms with Gasteiger partial charge in [0.25, 0.3) is 0 Å². The largest absolute Gasteiger partial charge is 0.465 e. The zero-order valence-electron chi connectivity index (χ0n) is 9.38. The molecule has 3 heteroatoms. The van der Waals surface area contributed by atoms with Crippen molar-refractivity contribution in [2.24, 2.45) is 0 Å². The maximum absolute atomic E-state index is 11.5. The number of carbonyl (C=O) groups excluding carboxylic acids is 1. The van der Waals surface area contributed by atoms with Crippen molar-refractivity contribution in [3.05, 3.63) is 34.9 Å². The summed E-state index contributed by atoms with van der Waals surface area (Å²) in [5.41, 5.74) is 3.68. The van der Waals surface area contributed by atoms with Gasteiger partial charge in [0.05, 0.1) is 12.7 Å². The molecule has 1 N–H and O–H groups in total. The summed E-state index contributed by atoms with van der Waals surface area (Å²) in [4.78, 5) is 11.5. The molecule has 1 aromatic carbocycles. The smallest absolute Gasteiger partial charge is 0.337 e. The van der Waals surface area contributed by atoms with E-state index in [9.17, 15) is 4.79 Å².